The van der Waals surface area contributed by atoms with Crippen LogP contribution in [0.15, 0.2) is 36.5 Å². The molecule has 0 aliphatic carbocycles. The molecule has 5 heteroatoms. The molecule has 0 saturated heterocycles. The first-order chi connectivity index (χ1) is 9.69. The summed E-state index contributed by atoms with van der Waals surface area (Å²) in [6, 6.07) is 9.09. The second kappa shape index (κ2) is 7.36. The van der Waals surface area contributed by atoms with Crippen molar-refractivity contribution in [2.75, 3.05) is 6.61 Å². The van der Waals surface area contributed by atoms with Crippen LogP contribution in [0.3, 0.4) is 0 Å². The van der Waals surface area contributed by atoms with Crippen LogP contribution in [0, 0.1) is 0 Å². The van der Waals surface area contributed by atoms with Crippen LogP contribution < -0.4 is 9.47 Å². The minimum absolute atomic E-state index is 0.345. The van der Waals surface area contributed by atoms with Gasteiger partial charge in [-0.1, -0.05) is 30.1 Å². The molecule has 0 saturated carbocycles. The van der Waals surface area contributed by atoms with Crippen LogP contribution >= 0.6 is 23.2 Å². The third-order valence-electron chi connectivity index (χ3n) is 2.59. The zero-order valence-electron chi connectivity index (χ0n) is 11.1. The summed E-state index contributed by atoms with van der Waals surface area (Å²) in [5.74, 6) is 1.59. The molecule has 0 radical (unpaired) electrons. The largest absolute Gasteiger partial charge is 0.494 e. The van der Waals surface area contributed by atoms with Gasteiger partial charge in [-0.25, -0.2) is 4.98 Å². The Kier molecular flexibility index (Phi) is 5.50. The molecule has 20 heavy (non-hydrogen) atoms. The van der Waals surface area contributed by atoms with Crippen LogP contribution in [-0.2, 0) is 6.61 Å². The first-order valence-electron chi connectivity index (χ1n) is 6.34. The summed E-state index contributed by atoms with van der Waals surface area (Å²) in [5.41, 5.74) is 0.794. The van der Waals surface area contributed by atoms with Gasteiger partial charge in [-0.15, -0.1) is 0 Å². The van der Waals surface area contributed by atoms with Crippen LogP contribution in [0.5, 0.6) is 11.5 Å². The molecule has 0 atom stereocenters. The van der Waals surface area contributed by atoms with E-state index in [2.05, 4.69) is 11.9 Å². The zero-order chi connectivity index (χ0) is 14.4. The standard InChI is InChI=1S/C15H15Cl2NO2/c1-2-7-19-12-3-5-13(6-4-12)20-10-11-9-18-15(17)8-14(11)16/h3-6,8-9H,2,7,10H2,1H3. The molecule has 0 N–H and O–H groups in total. The molecule has 3 nitrogen and oxygen atoms in total. The maximum absolute atomic E-state index is 6.05. The van der Waals surface area contributed by atoms with E-state index in [9.17, 15) is 0 Å². The van der Waals surface area contributed by atoms with Crippen molar-refractivity contribution in [1.29, 1.82) is 0 Å². The molecule has 106 valence electrons. The second-order valence-electron chi connectivity index (χ2n) is 4.21. The molecular formula is C15H15Cl2NO2. The topological polar surface area (TPSA) is 31.4 Å². The average molecular weight is 312 g/mol. The van der Waals surface area contributed by atoms with Crippen LogP contribution in [0.1, 0.15) is 18.9 Å². The van der Waals surface area contributed by atoms with Crippen molar-refractivity contribution >= 4 is 23.2 Å². The summed E-state index contributed by atoms with van der Waals surface area (Å²) >= 11 is 11.8. The van der Waals surface area contributed by atoms with E-state index in [1.165, 1.54) is 0 Å². The number of aromatic nitrogens is 1. The fourth-order valence-corrected chi connectivity index (χ4v) is 1.98. The molecule has 0 aliphatic heterocycles. The smallest absolute Gasteiger partial charge is 0.130 e. The highest BCUT2D eigenvalue weighted by molar-refractivity contribution is 6.34. The Morgan fingerprint density at radius 1 is 1.05 bits per heavy atom. The lowest BCUT2D eigenvalue weighted by Gasteiger charge is -2.09. The molecule has 0 aliphatic rings. The predicted octanol–water partition coefficient (Wildman–Crippen LogP) is 4.76. The molecule has 0 bridgehead atoms. The zero-order valence-corrected chi connectivity index (χ0v) is 12.6. The number of rotatable bonds is 6. The first kappa shape index (κ1) is 14.9. The third-order valence-corrected chi connectivity index (χ3v) is 3.15. The van der Waals surface area contributed by atoms with E-state index in [4.69, 9.17) is 32.7 Å². The van der Waals surface area contributed by atoms with Crippen LogP contribution in [0.2, 0.25) is 10.2 Å². The van der Waals surface area contributed by atoms with Gasteiger partial charge in [0.05, 0.1) is 11.6 Å². The highest BCUT2D eigenvalue weighted by atomic mass is 35.5. The summed E-state index contributed by atoms with van der Waals surface area (Å²) in [5, 5.41) is 0.920. The molecule has 2 rings (SSSR count). The van der Waals surface area contributed by atoms with Crippen molar-refractivity contribution < 1.29 is 9.47 Å². The van der Waals surface area contributed by atoms with Crippen molar-refractivity contribution in [3.63, 3.8) is 0 Å². The highest BCUT2D eigenvalue weighted by Crippen LogP contribution is 2.22. The predicted molar refractivity (Wildman–Crippen MR) is 80.8 cm³/mol. The van der Waals surface area contributed by atoms with E-state index < -0.39 is 0 Å². The Bertz CT molecular complexity index is 558. The minimum atomic E-state index is 0.345. The van der Waals surface area contributed by atoms with Gasteiger partial charge >= 0.3 is 0 Å². The van der Waals surface area contributed by atoms with Crippen molar-refractivity contribution in [1.82, 2.24) is 4.98 Å². The minimum Gasteiger partial charge on any atom is -0.494 e. The lowest BCUT2D eigenvalue weighted by Crippen LogP contribution is -1.98. The number of halogens is 2. The fourth-order valence-electron chi connectivity index (χ4n) is 1.56. The molecule has 0 fully saturated rings. The van der Waals surface area contributed by atoms with E-state index in [0.717, 1.165) is 23.5 Å². The van der Waals surface area contributed by atoms with E-state index >= 15 is 0 Å². The summed E-state index contributed by atoms with van der Waals surface area (Å²) in [6.45, 7) is 3.13. The first-order valence-corrected chi connectivity index (χ1v) is 7.10. The Morgan fingerprint density at radius 2 is 1.70 bits per heavy atom. The average Bonchev–Trinajstić information content (AvgIpc) is 2.45. The third kappa shape index (κ3) is 4.29. The van der Waals surface area contributed by atoms with Crippen molar-refractivity contribution in [2.24, 2.45) is 0 Å². The number of nitrogens with zero attached hydrogens (tertiary/aromatic N) is 1. The molecule has 1 aromatic carbocycles. The van der Waals surface area contributed by atoms with Gasteiger partial charge in [0.2, 0.25) is 0 Å². The van der Waals surface area contributed by atoms with Gasteiger partial charge in [-0.05, 0) is 36.8 Å². The lowest BCUT2D eigenvalue weighted by atomic mass is 10.3. The number of hydrogen-bond donors (Lipinski definition) is 0. The summed E-state index contributed by atoms with van der Waals surface area (Å²) in [6.07, 6.45) is 2.60. The van der Waals surface area contributed by atoms with E-state index in [1.54, 1.807) is 12.3 Å². The molecule has 1 heterocycles. The Balaban J connectivity index is 1.93. The van der Waals surface area contributed by atoms with Gasteiger partial charge in [0.25, 0.3) is 0 Å². The quantitative estimate of drug-likeness (QED) is 0.721. The Labute approximate surface area is 128 Å². The number of hydrogen-bond acceptors (Lipinski definition) is 3. The van der Waals surface area contributed by atoms with E-state index in [0.29, 0.717) is 23.4 Å². The maximum atomic E-state index is 6.05. The van der Waals surface area contributed by atoms with Crippen LogP contribution in [-0.4, -0.2) is 11.6 Å². The molecular weight excluding hydrogens is 297 g/mol. The molecule has 0 spiro atoms. The van der Waals surface area contributed by atoms with E-state index in [-0.39, 0.29) is 0 Å². The maximum Gasteiger partial charge on any atom is 0.130 e. The second-order valence-corrected chi connectivity index (χ2v) is 5.00. The van der Waals surface area contributed by atoms with Crippen molar-refractivity contribution in [3.05, 3.63) is 52.3 Å². The molecule has 1 aromatic heterocycles. The van der Waals surface area contributed by atoms with Gasteiger partial charge in [0, 0.05) is 11.8 Å². The van der Waals surface area contributed by atoms with Gasteiger partial charge in [-0.2, -0.15) is 0 Å². The number of pyridine rings is 1. The lowest BCUT2D eigenvalue weighted by molar-refractivity contribution is 0.301. The molecule has 2 aromatic rings. The Hall–Kier alpha value is -1.45. The normalized spacial score (nSPS) is 10.3. The van der Waals surface area contributed by atoms with Crippen molar-refractivity contribution in [2.45, 2.75) is 20.0 Å². The van der Waals surface area contributed by atoms with Crippen LogP contribution in [0.4, 0.5) is 0 Å². The highest BCUT2D eigenvalue weighted by Gasteiger charge is 2.04. The van der Waals surface area contributed by atoms with E-state index in [1.807, 2.05) is 24.3 Å². The van der Waals surface area contributed by atoms with Gasteiger partial charge in [-0.3, -0.25) is 0 Å². The summed E-state index contributed by atoms with van der Waals surface area (Å²) in [7, 11) is 0. The number of ether oxygens (including phenoxy) is 2. The van der Waals surface area contributed by atoms with Gasteiger partial charge in [0.15, 0.2) is 0 Å². The van der Waals surface area contributed by atoms with Gasteiger partial charge < -0.3 is 9.47 Å². The monoisotopic (exact) mass is 311 g/mol. The van der Waals surface area contributed by atoms with Crippen molar-refractivity contribution in [3.8, 4) is 11.5 Å². The summed E-state index contributed by atoms with van der Waals surface area (Å²) < 4.78 is 11.2. The number of benzene rings is 1. The Morgan fingerprint density at radius 3 is 2.30 bits per heavy atom. The van der Waals surface area contributed by atoms with Gasteiger partial charge in [0.1, 0.15) is 23.3 Å². The van der Waals surface area contributed by atoms with Crippen LogP contribution in [0.25, 0.3) is 0 Å². The molecule has 0 unspecified atom stereocenters. The molecule has 0 amide bonds. The SMILES string of the molecule is CCCOc1ccc(OCc2cnc(Cl)cc2Cl)cc1. The fraction of sp³-hybridized carbons (Fsp3) is 0.267. The summed E-state index contributed by atoms with van der Waals surface area (Å²) in [4.78, 5) is 3.98.